The number of hydrogen-bond donors (Lipinski definition) is 2. The Morgan fingerprint density at radius 1 is 1.20 bits per heavy atom. The van der Waals surface area contributed by atoms with Gasteiger partial charge < -0.3 is 15.5 Å². The average molecular weight is 340 g/mol. The number of carbonyl (C=O) groups is 2. The number of anilines is 1. The summed E-state index contributed by atoms with van der Waals surface area (Å²) in [5, 5.41) is 7.16. The van der Waals surface area contributed by atoms with Gasteiger partial charge in [0.15, 0.2) is 0 Å². The fourth-order valence-electron chi connectivity index (χ4n) is 3.36. The zero-order chi connectivity index (χ0) is 17.6. The van der Waals surface area contributed by atoms with Crippen LogP contribution in [-0.2, 0) is 9.59 Å². The van der Waals surface area contributed by atoms with Gasteiger partial charge in [-0.2, -0.15) is 0 Å². The maximum absolute atomic E-state index is 12.1. The Kier molecular flexibility index (Phi) is 5.60. The van der Waals surface area contributed by atoms with Gasteiger partial charge in [0.25, 0.3) is 0 Å². The van der Waals surface area contributed by atoms with Gasteiger partial charge in [-0.25, -0.2) is 0 Å². The van der Waals surface area contributed by atoms with Crippen LogP contribution in [-0.4, -0.2) is 47.9 Å². The first-order valence-corrected chi connectivity index (χ1v) is 8.77. The van der Waals surface area contributed by atoms with Crippen molar-refractivity contribution in [2.75, 3.05) is 25.5 Å². The summed E-state index contributed by atoms with van der Waals surface area (Å²) in [4.78, 5) is 30.5. The molecular formula is C19H24N4O2. The van der Waals surface area contributed by atoms with E-state index in [1.807, 2.05) is 18.2 Å². The van der Waals surface area contributed by atoms with E-state index in [-0.39, 0.29) is 0 Å². The quantitative estimate of drug-likeness (QED) is 0.818. The Morgan fingerprint density at radius 3 is 2.80 bits per heavy atom. The molecule has 2 aromatic rings. The van der Waals surface area contributed by atoms with Crippen LogP contribution in [0.5, 0.6) is 0 Å². The monoisotopic (exact) mass is 340 g/mol. The minimum absolute atomic E-state index is 0.471. The highest BCUT2D eigenvalue weighted by Gasteiger charge is 2.20. The number of pyridine rings is 1. The maximum atomic E-state index is 12.1. The molecule has 1 saturated carbocycles. The summed E-state index contributed by atoms with van der Waals surface area (Å²) in [7, 11) is 2.08. The number of benzene rings is 1. The lowest BCUT2D eigenvalue weighted by molar-refractivity contribution is -0.136. The summed E-state index contributed by atoms with van der Waals surface area (Å²) in [6, 6.07) is 7.95. The number of carbonyl (C=O) groups excluding carboxylic acids is 2. The predicted octanol–water partition coefficient (Wildman–Crippen LogP) is 2.16. The lowest BCUT2D eigenvalue weighted by Crippen LogP contribution is -2.41. The Balaban J connectivity index is 1.51. The van der Waals surface area contributed by atoms with Crippen LogP contribution >= 0.6 is 0 Å². The SMILES string of the molecule is CN(CCNC(=O)C(=O)Nc1cccc2cnccc12)C1CCCC1. The van der Waals surface area contributed by atoms with Crippen molar-refractivity contribution in [3.63, 3.8) is 0 Å². The fourth-order valence-corrected chi connectivity index (χ4v) is 3.36. The summed E-state index contributed by atoms with van der Waals surface area (Å²) in [5.41, 5.74) is 0.614. The van der Waals surface area contributed by atoms with Crippen LogP contribution in [0.1, 0.15) is 25.7 Å². The molecule has 0 radical (unpaired) electrons. The van der Waals surface area contributed by atoms with E-state index in [2.05, 4.69) is 27.6 Å². The molecule has 2 N–H and O–H groups in total. The van der Waals surface area contributed by atoms with E-state index >= 15 is 0 Å². The molecule has 132 valence electrons. The van der Waals surface area contributed by atoms with Crippen molar-refractivity contribution < 1.29 is 9.59 Å². The van der Waals surface area contributed by atoms with Crippen LogP contribution in [0.25, 0.3) is 10.8 Å². The molecule has 6 heteroatoms. The molecular weight excluding hydrogens is 316 g/mol. The molecule has 1 heterocycles. The molecule has 0 unspecified atom stereocenters. The zero-order valence-corrected chi connectivity index (χ0v) is 14.5. The van der Waals surface area contributed by atoms with Crippen molar-refractivity contribution in [3.8, 4) is 0 Å². The summed E-state index contributed by atoms with van der Waals surface area (Å²) in [6.07, 6.45) is 8.40. The molecule has 0 spiro atoms. The fraction of sp³-hybridized carbons (Fsp3) is 0.421. The first-order valence-electron chi connectivity index (χ1n) is 8.77. The Hall–Kier alpha value is -2.47. The number of amides is 2. The lowest BCUT2D eigenvalue weighted by Gasteiger charge is -2.23. The summed E-state index contributed by atoms with van der Waals surface area (Å²) >= 11 is 0. The summed E-state index contributed by atoms with van der Waals surface area (Å²) < 4.78 is 0. The van der Waals surface area contributed by atoms with Gasteiger partial charge in [0.05, 0.1) is 0 Å². The van der Waals surface area contributed by atoms with E-state index in [1.54, 1.807) is 18.5 Å². The highest BCUT2D eigenvalue weighted by Crippen LogP contribution is 2.22. The second kappa shape index (κ2) is 8.07. The van der Waals surface area contributed by atoms with Crippen molar-refractivity contribution in [3.05, 3.63) is 36.7 Å². The molecule has 25 heavy (non-hydrogen) atoms. The number of hydrogen-bond acceptors (Lipinski definition) is 4. The van der Waals surface area contributed by atoms with Crippen molar-refractivity contribution in [2.24, 2.45) is 0 Å². The van der Waals surface area contributed by atoms with E-state index in [0.29, 0.717) is 18.3 Å². The van der Waals surface area contributed by atoms with Gasteiger partial charge in [0.1, 0.15) is 0 Å². The molecule has 1 aromatic heterocycles. The molecule has 0 saturated heterocycles. The van der Waals surface area contributed by atoms with Crippen molar-refractivity contribution >= 4 is 28.3 Å². The third kappa shape index (κ3) is 4.33. The van der Waals surface area contributed by atoms with Crippen LogP contribution in [0.2, 0.25) is 0 Å². The van der Waals surface area contributed by atoms with Gasteiger partial charge >= 0.3 is 11.8 Å². The van der Waals surface area contributed by atoms with E-state index in [1.165, 1.54) is 25.7 Å². The number of nitrogens with zero attached hydrogens (tertiary/aromatic N) is 2. The van der Waals surface area contributed by atoms with Crippen LogP contribution in [0.15, 0.2) is 36.7 Å². The average Bonchev–Trinajstić information content (AvgIpc) is 3.16. The molecule has 1 aromatic carbocycles. The smallest absolute Gasteiger partial charge is 0.313 e. The second-order valence-electron chi connectivity index (χ2n) is 6.53. The zero-order valence-electron chi connectivity index (χ0n) is 14.5. The Labute approximate surface area is 147 Å². The third-order valence-corrected chi connectivity index (χ3v) is 4.83. The lowest BCUT2D eigenvalue weighted by atomic mass is 10.1. The van der Waals surface area contributed by atoms with E-state index in [0.717, 1.165) is 17.3 Å². The van der Waals surface area contributed by atoms with Gasteiger partial charge in [-0.15, -0.1) is 0 Å². The highest BCUT2D eigenvalue weighted by atomic mass is 16.2. The van der Waals surface area contributed by atoms with Crippen molar-refractivity contribution in [2.45, 2.75) is 31.7 Å². The Morgan fingerprint density at radius 2 is 2.00 bits per heavy atom. The van der Waals surface area contributed by atoms with E-state index < -0.39 is 11.8 Å². The standard InChI is InChI=1S/C19H24N4O2/c1-23(15-6-2-3-7-15)12-11-21-18(24)19(25)22-17-8-4-5-14-13-20-10-9-16(14)17/h4-5,8-10,13,15H,2-3,6-7,11-12H2,1H3,(H,21,24)(H,22,25). The Bertz CT molecular complexity index is 751. The minimum Gasteiger partial charge on any atom is -0.347 e. The van der Waals surface area contributed by atoms with Crippen LogP contribution in [0.3, 0.4) is 0 Å². The van der Waals surface area contributed by atoms with Gasteiger partial charge in [-0.05, 0) is 32.0 Å². The topological polar surface area (TPSA) is 74.3 Å². The maximum Gasteiger partial charge on any atom is 0.313 e. The number of nitrogens with one attached hydrogen (secondary N) is 2. The minimum atomic E-state index is -0.646. The summed E-state index contributed by atoms with van der Waals surface area (Å²) in [5.74, 6) is -1.25. The molecule has 1 fully saturated rings. The van der Waals surface area contributed by atoms with Crippen molar-refractivity contribution in [1.29, 1.82) is 0 Å². The predicted molar refractivity (Wildman–Crippen MR) is 98.3 cm³/mol. The first kappa shape index (κ1) is 17.4. The number of aromatic nitrogens is 1. The molecule has 3 rings (SSSR count). The largest absolute Gasteiger partial charge is 0.347 e. The molecule has 0 aliphatic heterocycles. The van der Waals surface area contributed by atoms with Crippen LogP contribution < -0.4 is 10.6 Å². The molecule has 2 amide bonds. The highest BCUT2D eigenvalue weighted by molar-refractivity contribution is 6.40. The van der Waals surface area contributed by atoms with E-state index in [4.69, 9.17) is 0 Å². The number of fused-ring (bicyclic) bond motifs is 1. The second-order valence-corrected chi connectivity index (χ2v) is 6.53. The molecule has 6 nitrogen and oxygen atoms in total. The third-order valence-electron chi connectivity index (χ3n) is 4.83. The molecule has 0 atom stereocenters. The molecule has 1 aliphatic rings. The molecule has 0 bridgehead atoms. The van der Waals surface area contributed by atoms with Crippen LogP contribution in [0, 0.1) is 0 Å². The van der Waals surface area contributed by atoms with Gasteiger partial charge in [0, 0.05) is 48.0 Å². The van der Waals surface area contributed by atoms with Gasteiger partial charge in [-0.1, -0.05) is 25.0 Å². The van der Waals surface area contributed by atoms with Crippen LogP contribution in [0.4, 0.5) is 5.69 Å². The van der Waals surface area contributed by atoms with Crippen molar-refractivity contribution in [1.82, 2.24) is 15.2 Å². The molecule has 1 aliphatic carbocycles. The van der Waals surface area contributed by atoms with Gasteiger partial charge in [0.2, 0.25) is 0 Å². The number of rotatable bonds is 5. The van der Waals surface area contributed by atoms with E-state index in [9.17, 15) is 9.59 Å². The number of likely N-dealkylation sites (N-methyl/N-ethyl adjacent to an activating group) is 1. The summed E-state index contributed by atoms with van der Waals surface area (Å²) in [6.45, 7) is 1.22. The normalized spacial score (nSPS) is 14.8. The first-order chi connectivity index (χ1) is 12.1. The van der Waals surface area contributed by atoms with Gasteiger partial charge in [-0.3, -0.25) is 14.6 Å².